The van der Waals surface area contributed by atoms with Crippen molar-refractivity contribution in [2.45, 2.75) is 58.1 Å². The molecule has 0 aliphatic carbocycles. The predicted octanol–water partition coefficient (Wildman–Crippen LogP) is 3.82. The van der Waals surface area contributed by atoms with Gasteiger partial charge in [0.25, 0.3) is 0 Å². The Kier molecular flexibility index (Phi) is 4.35. The summed E-state index contributed by atoms with van der Waals surface area (Å²) in [6.45, 7) is 7.15. The molecule has 0 amide bonds. The molecule has 1 aromatic rings. The van der Waals surface area contributed by atoms with Gasteiger partial charge in [-0.2, -0.15) is 0 Å². The third-order valence-electron chi connectivity index (χ3n) is 4.07. The second-order valence-electron chi connectivity index (χ2n) is 5.32. The number of rotatable bonds is 5. The Balaban J connectivity index is 2.34. The molecule has 1 aliphatic rings. The lowest BCUT2D eigenvalue weighted by Gasteiger charge is -2.40. The van der Waals surface area contributed by atoms with Gasteiger partial charge in [0.2, 0.25) is 0 Å². The summed E-state index contributed by atoms with van der Waals surface area (Å²) >= 11 is 0. The number of benzene rings is 1. The van der Waals surface area contributed by atoms with E-state index >= 15 is 0 Å². The molecule has 2 rings (SSSR count). The lowest BCUT2D eigenvalue weighted by molar-refractivity contribution is 0.0272. The van der Waals surface area contributed by atoms with Gasteiger partial charge in [0.05, 0.1) is 12.2 Å². The van der Waals surface area contributed by atoms with Crippen molar-refractivity contribution in [3.05, 3.63) is 23.8 Å². The van der Waals surface area contributed by atoms with Gasteiger partial charge in [-0.25, -0.2) is 0 Å². The maximum Gasteiger partial charge on any atom is 0.128 e. The molecule has 0 saturated carbocycles. The molecular formula is C16H25NO2. The molecule has 106 valence electrons. The minimum Gasteiger partial charge on any atom is -0.493 e. The van der Waals surface area contributed by atoms with E-state index < -0.39 is 0 Å². The van der Waals surface area contributed by atoms with Gasteiger partial charge in [0, 0.05) is 12.5 Å². The summed E-state index contributed by atoms with van der Waals surface area (Å²) < 4.78 is 12.0. The van der Waals surface area contributed by atoms with Crippen LogP contribution < -0.4 is 15.2 Å². The fraction of sp³-hybridized carbons (Fsp3) is 0.625. The number of nitrogens with two attached hydrogens (primary N) is 1. The average molecular weight is 263 g/mol. The fourth-order valence-electron chi connectivity index (χ4n) is 2.78. The Morgan fingerprint density at radius 1 is 1.32 bits per heavy atom. The van der Waals surface area contributed by atoms with Crippen molar-refractivity contribution in [2.75, 3.05) is 6.61 Å². The Morgan fingerprint density at radius 2 is 2.05 bits per heavy atom. The smallest absolute Gasteiger partial charge is 0.128 e. The lowest BCUT2D eigenvalue weighted by atomic mass is 9.83. The first-order valence-corrected chi connectivity index (χ1v) is 7.36. The third kappa shape index (κ3) is 2.71. The molecule has 0 fully saturated rings. The number of hydrogen-bond donors (Lipinski definition) is 1. The monoisotopic (exact) mass is 263 g/mol. The van der Waals surface area contributed by atoms with Crippen molar-refractivity contribution in [3.8, 4) is 11.5 Å². The molecule has 1 heterocycles. The summed E-state index contributed by atoms with van der Waals surface area (Å²) in [6.07, 6.45) is 3.82. The summed E-state index contributed by atoms with van der Waals surface area (Å²) in [6, 6.07) is 5.98. The third-order valence-corrected chi connectivity index (χ3v) is 4.07. The van der Waals surface area contributed by atoms with E-state index in [-0.39, 0.29) is 11.6 Å². The number of fused-ring (bicyclic) bond motifs is 1. The molecule has 1 unspecified atom stereocenters. The van der Waals surface area contributed by atoms with Gasteiger partial charge in [-0.1, -0.05) is 26.8 Å². The quantitative estimate of drug-likeness (QED) is 0.878. The van der Waals surface area contributed by atoms with Crippen LogP contribution in [0.15, 0.2) is 18.2 Å². The molecule has 0 bridgehead atoms. The lowest BCUT2D eigenvalue weighted by Crippen LogP contribution is -2.42. The van der Waals surface area contributed by atoms with Crippen LogP contribution in [0.2, 0.25) is 0 Å². The normalized spacial score (nSPS) is 20.5. The molecule has 3 nitrogen and oxygen atoms in total. The van der Waals surface area contributed by atoms with Crippen molar-refractivity contribution in [3.63, 3.8) is 0 Å². The van der Waals surface area contributed by atoms with E-state index in [9.17, 15) is 0 Å². The molecule has 19 heavy (non-hydrogen) atoms. The maximum atomic E-state index is 6.39. The highest BCUT2D eigenvalue weighted by Gasteiger charge is 2.38. The van der Waals surface area contributed by atoms with E-state index in [0.717, 1.165) is 49.4 Å². The van der Waals surface area contributed by atoms with Gasteiger partial charge in [-0.3, -0.25) is 0 Å². The molecule has 1 aromatic carbocycles. The molecule has 0 aromatic heterocycles. The molecular weight excluding hydrogens is 238 g/mol. The summed E-state index contributed by atoms with van der Waals surface area (Å²) in [4.78, 5) is 0. The van der Waals surface area contributed by atoms with Crippen LogP contribution in [0.1, 0.15) is 58.1 Å². The summed E-state index contributed by atoms with van der Waals surface area (Å²) in [5.41, 5.74) is 7.31. The van der Waals surface area contributed by atoms with Gasteiger partial charge in [0.15, 0.2) is 0 Å². The van der Waals surface area contributed by atoms with E-state index in [1.807, 2.05) is 18.2 Å². The zero-order valence-corrected chi connectivity index (χ0v) is 12.2. The average Bonchev–Trinajstić information content (AvgIpc) is 2.44. The van der Waals surface area contributed by atoms with Crippen LogP contribution >= 0.6 is 0 Å². The van der Waals surface area contributed by atoms with Crippen LogP contribution in [0.3, 0.4) is 0 Å². The Morgan fingerprint density at radius 3 is 2.68 bits per heavy atom. The first-order valence-electron chi connectivity index (χ1n) is 7.36. The Hall–Kier alpha value is -1.22. The minimum absolute atomic E-state index is 0.00305. The highest BCUT2D eigenvalue weighted by atomic mass is 16.5. The van der Waals surface area contributed by atoms with Crippen LogP contribution in [0, 0.1) is 0 Å². The van der Waals surface area contributed by atoms with Gasteiger partial charge >= 0.3 is 0 Å². The van der Waals surface area contributed by atoms with Gasteiger partial charge in [-0.15, -0.1) is 0 Å². The Labute approximate surface area is 116 Å². The molecule has 1 atom stereocenters. The van der Waals surface area contributed by atoms with Gasteiger partial charge < -0.3 is 15.2 Å². The van der Waals surface area contributed by atoms with Crippen molar-refractivity contribution in [1.82, 2.24) is 0 Å². The van der Waals surface area contributed by atoms with Crippen LogP contribution in [-0.4, -0.2) is 12.2 Å². The van der Waals surface area contributed by atoms with Crippen LogP contribution in [0.5, 0.6) is 11.5 Å². The van der Waals surface area contributed by atoms with Crippen molar-refractivity contribution in [2.24, 2.45) is 5.73 Å². The molecule has 2 N–H and O–H groups in total. The second kappa shape index (κ2) is 5.83. The largest absolute Gasteiger partial charge is 0.493 e. The van der Waals surface area contributed by atoms with E-state index in [1.165, 1.54) is 0 Å². The highest BCUT2D eigenvalue weighted by Crippen LogP contribution is 2.45. The zero-order valence-electron chi connectivity index (χ0n) is 12.2. The molecule has 0 radical (unpaired) electrons. The van der Waals surface area contributed by atoms with Gasteiger partial charge in [-0.05, 0) is 31.4 Å². The first kappa shape index (κ1) is 14.2. The van der Waals surface area contributed by atoms with E-state index in [4.69, 9.17) is 15.2 Å². The molecule has 0 saturated heterocycles. The van der Waals surface area contributed by atoms with Crippen LogP contribution in [0.4, 0.5) is 0 Å². The molecule has 3 heteroatoms. The van der Waals surface area contributed by atoms with Gasteiger partial charge in [0.1, 0.15) is 17.1 Å². The van der Waals surface area contributed by atoms with Crippen molar-refractivity contribution < 1.29 is 9.47 Å². The highest BCUT2D eigenvalue weighted by molar-refractivity contribution is 5.48. The van der Waals surface area contributed by atoms with Crippen LogP contribution in [0.25, 0.3) is 0 Å². The topological polar surface area (TPSA) is 44.5 Å². The second-order valence-corrected chi connectivity index (χ2v) is 5.32. The molecule has 0 spiro atoms. The summed E-state index contributed by atoms with van der Waals surface area (Å²) in [7, 11) is 0. The SMILES string of the molecule is CCCOc1cccc2c1C(N)CC(CC)(CC)O2. The van der Waals surface area contributed by atoms with E-state index in [0.29, 0.717) is 0 Å². The predicted molar refractivity (Wildman–Crippen MR) is 77.7 cm³/mol. The number of hydrogen-bond acceptors (Lipinski definition) is 3. The number of ether oxygens (including phenoxy) is 2. The standard InChI is InChI=1S/C16H25NO2/c1-4-10-18-13-8-7-9-14-15(13)12(17)11-16(5-2,6-3)19-14/h7-9,12H,4-6,10-11,17H2,1-3H3. The van der Waals surface area contributed by atoms with Crippen LogP contribution in [-0.2, 0) is 0 Å². The van der Waals surface area contributed by atoms with Crippen molar-refractivity contribution >= 4 is 0 Å². The summed E-state index contributed by atoms with van der Waals surface area (Å²) in [5, 5.41) is 0. The maximum absolute atomic E-state index is 6.39. The zero-order chi connectivity index (χ0) is 13.9. The minimum atomic E-state index is -0.115. The Bertz CT molecular complexity index is 427. The van der Waals surface area contributed by atoms with E-state index in [1.54, 1.807) is 0 Å². The first-order chi connectivity index (χ1) is 9.15. The summed E-state index contributed by atoms with van der Waals surface area (Å²) in [5.74, 6) is 1.78. The molecule has 1 aliphatic heterocycles. The fourth-order valence-corrected chi connectivity index (χ4v) is 2.78. The van der Waals surface area contributed by atoms with Crippen molar-refractivity contribution in [1.29, 1.82) is 0 Å². The van der Waals surface area contributed by atoms with E-state index in [2.05, 4.69) is 20.8 Å².